The Kier molecular flexibility index (Phi) is 6.33. The van der Waals surface area contributed by atoms with Gasteiger partial charge in [-0.1, -0.05) is 74.3 Å². The largest absolute Gasteiger partial charge is 0.323 e. The molecule has 2 aromatic carbocycles. The van der Waals surface area contributed by atoms with Crippen LogP contribution in [0.15, 0.2) is 61.2 Å². The number of piperidine rings is 1. The predicted octanol–water partition coefficient (Wildman–Crippen LogP) is 6.07. The molecular weight excluding hydrogens is 413 g/mol. The molecule has 0 amide bonds. The summed E-state index contributed by atoms with van der Waals surface area (Å²) in [5, 5.41) is 1.57. The number of quaternary nitrogens is 1. The fourth-order valence-corrected chi connectivity index (χ4v) is 6.11. The highest BCUT2D eigenvalue weighted by Gasteiger charge is 2.59. The molecule has 2 fully saturated rings. The fourth-order valence-electron chi connectivity index (χ4n) is 5.78. The van der Waals surface area contributed by atoms with Gasteiger partial charge in [-0.3, -0.25) is 4.90 Å². The molecule has 6 unspecified atom stereocenters. The molecule has 0 aromatic heterocycles. The summed E-state index contributed by atoms with van der Waals surface area (Å²) in [6, 6.07) is 17.6. The van der Waals surface area contributed by atoms with Crippen molar-refractivity contribution in [2.75, 3.05) is 6.61 Å². The number of allylic oxidation sites excluding steroid dienone is 1. The van der Waals surface area contributed by atoms with E-state index >= 15 is 0 Å². The van der Waals surface area contributed by atoms with Crippen LogP contribution in [0, 0.1) is 11.3 Å². The molecule has 2 aliphatic rings. The molecular formula is C26H32Cl2NO+. The Hall–Kier alpha value is -1.32. The molecule has 2 heterocycles. The van der Waals surface area contributed by atoms with Gasteiger partial charge >= 0.3 is 0 Å². The summed E-state index contributed by atoms with van der Waals surface area (Å²) >= 11 is 12.7. The molecule has 1 N–H and O–H groups in total. The normalized spacial score (nSPS) is 33.5. The van der Waals surface area contributed by atoms with E-state index in [9.17, 15) is 0 Å². The lowest BCUT2D eigenvalue weighted by atomic mass is 9.66. The molecule has 2 nitrogen and oxygen atoms in total. The molecule has 0 aliphatic carbocycles. The van der Waals surface area contributed by atoms with Crippen molar-refractivity contribution in [3.63, 3.8) is 0 Å². The second kappa shape index (κ2) is 8.67. The highest BCUT2D eigenvalue weighted by molar-refractivity contribution is 6.30. The van der Waals surface area contributed by atoms with E-state index in [1.165, 1.54) is 11.1 Å². The predicted molar refractivity (Wildman–Crippen MR) is 125 cm³/mol. The Balaban J connectivity index is 1.88. The first-order chi connectivity index (χ1) is 14.3. The third kappa shape index (κ3) is 3.96. The lowest BCUT2D eigenvalue weighted by Crippen LogP contribution is -3.20. The summed E-state index contributed by atoms with van der Waals surface area (Å²) in [6.45, 7) is 11.9. The zero-order chi connectivity index (χ0) is 21.5. The zero-order valence-corrected chi connectivity index (χ0v) is 19.6. The third-order valence-electron chi connectivity index (χ3n) is 7.18. The molecule has 2 aliphatic heterocycles. The molecule has 2 saturated heterocycles. The van der Waals surface area contributed by atoms with Gasteiger partial charge in [0.25, 0.3) is 0 Å². The van der Waals surface area contributed by atoms with Crippen LogP contribution in [0.1, 0.15) is 56.7 Å². The second-order valence-corrected chi connectivity index (χ2v) is 10.5. The van der Waals surface area contributed by atoms with Crippen LogP contribution in [-0.2, 0) is 4.74 Å². The van der Waals surface area contributed by atoms with Gasteiger partial charge in [-0.2, -0.15) is 0 Å². The van der Waals surface area contributed by atoms with Gasteiger partial charge in [0, 0.05) is 27.4 Å². The van der Waals surface area contributed by atoms with Gasteiger partial charge in [0.1, 0.15) is 18.7 Å². The minimum atomic E-state index is 0.0244. The molecule has 0 bridgehead atoms. The minimum absolute atomic E-state index is 0.0244. The van der Waals surface area contributed by atoms with Gasteiger partial charge in [-0.05, 0) is 42.7 Å². The van der Waals surface area contributed by atoms with Gasteiger partial charge in [0.2, 0.25) is 0 Å². The maximum Gasteiger partial charge on any atom is 0.198 e. The Labute approximate surface area is 190 Å². The molecule has 160 valence electrons. The van der Waals surface area contributed by atoms with E-state index in [0.29, 0.717) is 23.9 Å². The first-order valence-electron chi connectivity index (χ1n) is 10.9. The van der Waals surface area contributed by atoms with Crippen LogP contribution in [0.3, 0.4) is 0 Å². The first-order valence-corrected chi connectivity index (χ1v) is 11.7. The molecule has 2 aromatic rings. The number of halogens is 2. The summed E-state index contributed by atoms with van der Waals surface area (Å²) in [7, 11) is 0. The number of fused-ring (bicyclic) bond motifs is 1. The lowest BCUT2D eigenvalue weighted by Gasteiger charge is -2.50. The van der Waals surface area contributed by atoms with Crippen molar-refractivity contribution in [3.05, 3.63) is 82.4 Å². The molecule has 0 radical (unpaired) electrons. The number of nitrogens with one attached hydrogen (secondary N) is 1. The smallest absolute Gasteiger partial charge is 0.198 e. The van der Waals surface area contributed by atoms with Gasteiger partial charge in [0.05, 0.1) is 5.41 Å². The fraction of sp³-hybridized carbons (Fsp3) is 0.462. The van der Waals surface area contributed by atoms with Crippen molar-refractivity contribution < 1.29 is 9.64 Å². The number of hydrogen-bond donors (Lipinski definition) is 1. The van der Waals surface area contributed by atoms with E-state index < -0.39 is 0 Å². The van der Waals surface area contributed by atoms with E-state index in [4.69, 9.17) is 27.9 Å². The third-order valence-corrected chi connectivity index (χ3v) is 7.66. The van der Waals surface area contributed by atoms with Crippen LogP contribution in [-0.4, -0.2) is 18.9 Å². The average Bonchev–Trinajstić information content (AvgIpc) is 3.15. The van der Waals surface area contributed by atoms with Gasteiger partial charge in [-0.25, -0.2) is 0 Å². The minimum Gasteiger partial charge on any atom is -0.323 e. The van der Waals surface area contributed by atoms with Crippen LogP contribution in [0.4, 0.5) is 0 Å². The maximum atomic E-state index is 6.55. The molecule has 0 spiro atoms. The Morgan fingerprint density at radius 1 is 1.13 bits per heavy atom. The van der Waals surface area contributed by atoms with Crippen LogP contribution >= 0.6 is 23.2 Å². The van der Waals surface area contributed by atoms with Crippen LogP contribution in [0.5, 0.6) is 0 Å². The SMILES string of the molecule is C=CCC1(C)CC(c2cccc(Cl)c2)C(c2ccc(Cl)cc2)[NH+]2C(C(C)C)COC21. The van der Waals surface area contributed by atoms with Crippen LogP contribution < -0.4 is 4.90 Å². The Bertz CT molecular complexity index is 896. The topological polar surface area (TPSA) is 13.7 Å². The number of rotatable bonds is 5. The van der Waals surface area contributed by atoms with E-state index in [-0.39, 0.29) is 11.6 Å². The molecule has 4 rings (SSSR count). The van der Waals surface area contributed by atoms with Crippen molar-refractivity contribution in [2.24, 2.45) is 11.3 Å². The van der Waals surface area contributed by atoms with Crippen LogP contribution in [0.25, 0.3) is 0 Å². The van der Waals surface area contributed by atoms with Gasteiger partial charge in [-0.15, -0.1) is 6.58 Å². The molecule has 0 saturated carbocycles. The van der Waals surface area contributed by atoms with Crippen molar-refractivity contribution >= 4 is 23.2 Å². The summed E-state index contributed by atoms with van der Waals surface area (Å²) in [5.41, 5.74) is 2.65. The summed E-state index contributed by atoms with van der Waals surface area (Å²) in [6.07, 6.45) is 4.18. The number of hydrogen-bond acceptors (Lipinski definition) is 1. The standard InChI is InChI=1S/C26H31Cl2NO/c1-5-13-26(4)15-22(19-7-6-8-21(28)14-19)24(18-9-11-20(27)12-10-18)29-23(17(2)3)16-30-25(26)29/h5-12,14,17,22-25H,1,13,15-16H2,2-4H3/p+1. The average molecular weight is 445 g/mol. The van der Waals surface area contributed by atoms with Crippen molar-refractivity contribution in [2.45, 2.75) is 57.8 Å². The number of ether oxygens (including phenoxy) is 1. The lowest BCUT2D eigenvalue weighted by molar-refractivity contribution is -0.993. The Morgan fingerprint density at radius 2 is 1.87 bits per heavy atom. The number of benzene rings is 2. The Morgan fingerprint density at radius 3 is 2.50 bits per heavy atom. The summed E-state index contributed by atoms with van der Waals surface area (Å²) in [4.78, 5) is 1.55. The van der Waals surface area contributed by atoms with Crippen molar-refractivity contribution in [3.8, 4) is 0 Å². The summed E-state index contributed by atoms with van der Waals surface area (Å²) < 4.78 is 6.55. The summed E-state index contributed by atoms with van der Waals surface area (Å²) in [5.74, 6) is 0.870. The maximum absolute atomic E-state index is 6.55. The monoisotopic (exact) mass is 444 g/mol. The quantitative estimate of drug-likeness (QED) is 0.552. The van der Waals surface area contributed by atoms with E-state index in [2.05, 4.69) is 63.8 Å². The van der Waals surface area contributed by atoms with Gasteiger partial charge in [0.15, 0.2) is 6.23 Å². The highest BCUT2D eigenvalue weighted by Crippen LogP contribution is 2.48. The van der Waals surface area contributed by atoms with Crippen molar-refractivity contribution in [1.29, 1.82) is 0 Å². The van der Waals surface area contributed by atoms with E-state index in [1.807, 2.05) is 18.2 Å². The molecule has 4 heteroatoms. The second-order valence-electron chi connectivity index (χ2n) is 9.61. The van der Waals surface area contributed by atoms with Crippen LogP contribution in [0.2, 0.25) is 10.0 Å². The molecule has 30 heavy (non-hydrogen) atoms. The van der Waals surface area contributed by atoms with Gasteiger partial charge < -0.3 is 4.74 Å². The van der Waals surface area contributed by atoms with E-state index in [1.54, 1.807) is 4.90 Å². The van der Waals surface area contributed by atoms with Crippen molar-refractivity contribution in [1.82, 2.24) is 0 Å². The zero-order valence-electron chi connectivity index (χ0n) is 18.1. The highest BCUT2D eigenvalue weighted by atomic mass is 35.5. The van der Waals surface area contributed by atoms with E-state index in [0.717, 1.165) is 29.5 Å². The molecule has 6 atom stereocenters. The first kappa shape index (κ1) is 21.9.